The lowest BCUT2D eigenvalue weighted by atomic mass is 10.1. The summed E-state index contributed by atoms with van der Waals surface area (Å²) in [6, 6.07) is 6.92. The summed E-state index contributed by atoms with van der Waals surface area (Å²) in [6.07, 6.45) is 1.97. The average molecular weight is 295 g/mol. The van der Waals surface area contributed by atoms with E-state index >= 15 is 0 Å². The molecule has 5 nitrogen and oxygen atoms in total. The van der Waals surface area contributed by atoms with Crippen LogP contribution in [0.4, 0.5) is 5.69 Å². The molecule has 0 aliphatic rings. The van der Waals surface area contributed by atoms with Gasteiger partial charge < -0.3 is 16.4 Å². The van der Waals surface area contributed by atoms with Gasteiger partial charge in [-0.1, -0.05) is 19.9 Å². The van der Waals surface area contributed by atoms with E-state index < -0.39 is 6.04 Å². The van der Waals surface area contributed by atoms with Gasteiger partial charge in [-0.05, 0) is 30.4 Å². The van der Waals surface area contributed by atoms with Gasteiger partial charge in [0.1, 0.15) is 0 Å². The van der Waals surface area contributed by atoms with Crippen LogP contribution < -0.4 is 16.4 Å². The van der Waals surface area contributed by atoms with Gasteiger partial charge in [-0.2, -0.15) is 0 Å². The maximum absolute atomic E-state index is 11.7. The average Bonchev–Trinajstić information content (AvgIpc) is 2.43. The molecule has 110 valence electrons. The second-order valence-corrected chi connectivity index (χ2v) is 5.65. The van der Waals surface area contributed by atoms with Crippen LogP contribution in [0.2, 0.25) is 0 Å². The maximum Gasteiger partial charge on any atom is 0.243 e. The van der Waals surface area contributed by atoms with Crippen LogP contribution in [0.1, 0.15) is 13.8 Å². The Kier molecular flexibility index (Phi) is 6.54. The zero-order valence-corrected chi connectivity index (χ0v) is 12.8. The Morgan fingerprint density at radius 1 is 1.35 bits per heavy atom. The Hall–Kier alpha value is -1.53. The van der Waals surface area contributed by atoms with Crippen molar-refractivity contribution in [1.82, 2.24) is 5.32 Å². The summed E-state index contributed by atoms with van der Waals surface area (Å²) >= 11 is 1.60. The molecule has 0 bridgehead atoms. The predicted molar refractivity (Wildman–Crippen MR) is 82.7 cm³/mol. The molecule has 0 radical (unpaired) electrons. The number of nitrogens with two attached hydrogens (primary N) is 1. The molecule has 0 aliphatic carbocycles. The first-order valence-electron chi connectivity index (χ1n) is 6.41. The third-order valence-corrected chi connectivity index (χ3v) is 3.52. The van der Waals surface area contributed by atoms with Crippen LogP contribution in [-0.2, 0) is 9.59 Å². The van der Waals surface area contributed by atoms with Crippen molar-refractivity contribution in [3.63, 3.8) is 0 Å². The van der Waals surface area contributed by atoms with E-state index in [0.29, 0.717) is 5.69 Å². The zero-order valence-electron chi connectivity index (χ0n) is 12.0. The molecule has 4 N–H and O–H groups in total. The topological polar surface area (TPSA) is 84.2 Å². The lowest BCUT2D eigenvalue weighted by Crippen LogP contribution is -2.46. The number of nitrogens with one attached hydrogen (secondary N) is 2. The molecule has 1 atom stereocenters. The van der Waals surface area contributed by atoms with Crippen molar-refractivity contribution in [2.75, 3.05) is 18.1 Å². The van der Waals surface area contributed by atoms with Gasteiger partial charge in [0.15, 0.2) is 0 Å². The van der Waals surface area contributed by atoms with E-state index in [1.54, 1.807) is 17.8 Å². The van der Waals surface area contributed by atoms with Crippen molar-refractivity contribution in [3.8, 4) is 0 Å². The molecule has 1 rings (SSSR count). The summed E-state index contributed by atoms with van der Waals surface area (Å²) in [7, 11) is 0. The molecule has 20 heavy (non-hydrogen) atoms. The van der Waals surface area contributed by atoms with Crippen molar-refractivity contribution in [3.05, 3.63) is 24.3 Å². The molecule has 0 aliphatic heterocycles. The van der Waals surface area contributed by atoms with Gasteiger partial charge >= 0.3 is 0 Å². The normalized spacial score (nSPS) is 12.1. The fourth-order valence-electron chi connectivity index (χ4n) is 1.49. The van der Waals surface area contributed by atoms with Gasteiger partial charge in [0.05, 0.1) is 12.6 Å². The third-order valence-electron chi connectivity index (χ3n) is 2.80. The summed E-state index contributed by atoms with van der Waals surface area (Å²) in [5, 5.41) is 5.26. The highest BCUT2D eigenvalue weighted by Gasteiger charge is 2.17. The standard InChI is InChI=1S/C14H21N3O2S/c1-9(2)13(15)14(19)16-8-12(18)17-10-5-4-6-11(7-10)20-3/h4-7,9,13H,8,15H2,1-3H3,(H,16,19)(H,17,18)/t13-/m0/s1. The van der Waals surface area contributed by atoms with E-state index in [0.717, 1.165) is 4.90 Å². The summed E-state index contributed by atoms with van der Waals surface area (Å²) < 4.78 is 0. The molecule has 1 aromatic rings. The predicted octanol–water partition coefficient (Wildman–Crippen LogP) is 1.45. The Morgan fingerprint density at radius 3 is 2.65 bits per heavy atom. The maximum atomic E-state index is 11.7. The fourth-order valence-corrected chi connectivity index (χ4v) is 1.95. The molecule has 2 amide bonds. The number of amides is 2. The summed E-state index contributed by atoms with van der Waals surface area (Å²) in [4.78, 5) is 24.4. The fraction of sp³-hybridized carbons (Fsp3) is 0.429. The molecule has 0 unspecified atom stereocenters. The number of thioether (sulfide) groups is 1. The Morgan fingerprint density at radius 2 is 2.05 bits per heavy atom. The van der Waals surface area contributed by atoms with Gasteiger partial charge in [0.25, 0.3) is 0 Å². The second-order valence-electron chi connectivity index (χ2n) is 4.77. The molecule has 0 heterocycles. The highest BCUT2D eigenvalue weighted by Crippen LogP contribution is 2.18. The zero-order chi connectivity index (χ0) is 15.1. The van der Waals surface area contributed by atoms with Crippen molar-refractivity contribution >= 4 is 29.3 Å². The first kappa shape index (κ1) is 16.5. The SMILES string of the molecule is CSc1cccc(NC(=O)CNC(=O)[C@@H](N)C(C)C)c1. The van der Waals surface area contributed by atoms with Crippen LogP contribution in [-0.4, -0.2) is 30.7 Å². The molecular weight excluding hydrogens is 274 g/mol. The molecule has 0 saturated heterocycles. The summed E-state index contributed by atoms with van der Waals surface area (Å²) in [5.74, 6) is -0.545. The van der Waals surface area contributed by atoms with Crippen LogP contribution in [0.5, 0.6) is 0 Å². The summed E-state index contributed by atoms with van der Waals surface area (Å²) in [5.41, 5.74) is 6.40. The first-order chi connectivity index (χ1) is 9.43. The van der Waals surface area contributed by atoms with E-state index in [1.807, 2.05) is 38.3 Å². The number of hydrogen-bond acceptors (Lipinski definition) is 4. The Labute approximate surface area is 123 Å². The van der Waals surface area contributed by atoms with E-state index in [9.17, 15) is 9.59 Å². The van der Waals surface area contributed by atoms with Crippen LogP contribution >= 0.6 is 11.8 Å². The molecule has 6 heteroatoms. The minimum absolute atomic E-state index is 0.0383. The highest BCUT2D eigenvalue weighted by molar-refractivity contribution is 7.98. The largest absolute Gasteiger partial charge is 0.346 e. The quantitative estimate of drug-likeness (QED) is 0.694. The van der Waals surface area contributed by atoms with Gasteiger partial charge in [0.2, 0.25) is 11.8 Å². The number of benzene rings is 1. The molecule has 0 spiro atoms. The lowest BCUT2D eigenvalue weighted by Gasteiger charge is -2.15. The third kappa shape index (κ3) is 5.22. The molecule has 1 aromatic carbocycles. The number of carbonyl (C=O) groups is 2. The molecule has 0 saturated carbocycles. The van der Waals surface area contributed by atoms with Crippen LogP contribution in [0, 0.1) is 5.92 Å². The monoisotopic (exact) mass is 295 g/mol. The first-order valence-corrected chi connectivity index (χ1v) is 7.63. The van der Waals surface area contributed by atoms with Crippen LogP contribution in [0.15, 0.2) is 29.2 Å². The van der Waals surface area contributed by atoms with Gasteiger partial charge in [-0.3, -0.25) is 9.59 Å². The van der Waals surface area contributed by atoms with E-state index in [4.69, 9.17) is 5.73 Å². The van der Waals surface area contributed by atoms with Gasteiger partial charge in [-0.15, -0.1) is 11.8 Å². The van der Waals surface area contributed by atoms with Crippen molar-refractivity contribution in [2.24, 2.45) is 11.7 Å². The minimum Gasteiger partial charge on any atom is -0.346 e. The minimum atomic E-state index is -0.595. The lowest BCUT2D eigenvalue weighted by molar-refractivity contribution is -0.125. The second kappa shape index (κ2) is 7.91. The van der Waals surface area contributed by atoms with Crippen molar-refractivity contribution in [1.29, 1.82) is 0 Å². The highest BCUT2D eigenvalue weighted by atomic mass is 32.2. The van der Waals surface area contributed by atoms with E-state index in [1.165, 1.54) is 0 Å². The van der Waals surface area contributed by atoms with Gasteiger partial charge in [-0.25, -0.2) is 0 Å². The number of rotatable bonds is 6. The van der Waals surface area contributed by atoms with Crippen molar-refractivity contribution in [2.45, 2.75) is 24.8 Å². The molecule has 0 aromatic heterocycles. The molecular formula is C14H21N3O2S. The van der Waals surface area contributed by atoms with Crippen molar-refractivity contribution < 1.29 is 9.59 Å². The number of anilines is 1. The number of hydrogen-bond donors (Lipinski definition) is 3. The number of carbonyl (C=O) groups excluding carboxylic acids is 2. The van der Waals surface area contributed by atoms with E-state index in [2.05, 4.69) is 10.6 Å². The molecule has 0 fully saturated rings. The smallest absolute Gasteiger partial charge is 0.243 e. The Balaban J connectivity index is 2.46. The van der Waals surface area contributed by atoms with Crippen LogP contribution in [0.25, 0.3) is 0 Å². The van der Waals surface area contributed by atoms with E-state index in [-0.39, 0.29) is 24.3 Å². The van der Waals surface area contributed by atoms with Crippen LogP contribution in [0.3, 0.4) is 0 Å². The summed E-state index contributed by atoms with van der Waals surface area (Å²) in [6.45, 7) is 3.64. The van der Waals surface area contributed by atoms with Gasteiger partial charge in [0, 0.05) is 10.6 Å². The Bertz CT molecular complexity index is 477.